The Morgan fingerprint density at radius 3 is 2.52 bits per heavy atom. The van der Waals surface area contributed by atoms with Gasteiger partial charge in [-0.05, 0) is 36.8 Å². The van der Waals surface area contributed by atoms with Crippen molar-refractivity contribution in [2.24, 2.45) is 0 Å². The smallest absolute Gasteiger partial charge is 0.236 e. The standard InChI is InChI=1S/C12H13Cl4N3OS/c1-7-3-2-4-8(5-7)17-11(21)19-10(12(14,15)16)18-9(20)6-13/h2-5,10H,6H2,1H3,(H,18,20)(H2,17,19,21)/t10-/m1/s1. The molecule has 0 bridgehead atoms. The molecule has 3 N–H and O–H groups in total. The molecule has 0 aromatic heterocycles. The Balaban J connectivity index is 2.70. The molecule has 1 amide bonds. The number of alkyl halides is 4. The third kappa shape index (κ3) is 6.89. The summed E-state index contributed by atoms with van der Waals surface area (Å²) in [6, 6.07) is 7.56. The first-order valence-electron chi connectivity index (χ1n) is 5.78. The van der Waals surface area contributed by atoms with Crippen molar-refractivity contribution >= 4 is 75.3 Å². The number of hydrogen-bond donors (Lipinski definition) is 3. The van der Waals surface area contributed by atoms with E-state index in [9.17, 15) is 4.79 Å². The number of thiocarbonyl (C=S) groups is 1. The van der Waals surface area contributed by atoms with E-state index in [1.165, 1.54) is 0 Å². The van der Waals surface area contributed by atoms with E-state index in [0.29, 0.717) is 0 Å². The number of nitrogens with one attached hydrogen (secondary N) is 3. The number of rotatable bonds is 4. The van der Waals surface area contributed by atoms with Crippen LogP contribution in [0.5, 0.6) is 0 Å². The van der Waals surface area contributed by atoms with Gasteiger partial charge >= 0.3 is 0 Å². The molecule has 0 heterocycles. The molecule has 1 aromatic carbocycles. The summed E-state index contributed by atoms with van der Waals surface area (Å²) in [5.74, 6) is -0.740. The largest absolute Gasteiger partial charge is 0.339 e. The van der Waals surface area contributed by atoms with Gasteiger partial charge in [-0.3, -0.25) is 4.79 Å². The van der Waals surface area contributed by atoms with Crippen LogP contribution in [0, 0.1) is 6.92 Å². The van der Waals surface area contributed by atoms with Crippen molar-refractivity contribution in [3.8, 4) is 0 Å². The van der Waals surface area contributed by atoms with Gasteiger partial charge in [-0.25, -0.2) is 0 Å². The second-order valence-electron chi connectivity index (χ2n) is 4.14. The minimum absolute atomic E-state index is 0.201. The Kier molecular flexibility index (Phi) is 7.30. The average Bonchev–Trinajstić information content (AvgIpc) is 2.36. The van der Waals surface area contributed by atoms with Crippen LogP contribution in [0.15, 0.2) is 24.3 Å². The van der Waals surface area contributed by atoms with E-state index in [2.05, 4.69) is 16.0 Å². The minimum atomic E-state index is -1.79. The third-order valence-electron chi connectivity index (χ3n) is 2.31. The number of halogens is 4. The fourth-order valence-electron chi connectivity index (χ4n) is 1.42. The van der Waals surface area contributed by atoms with Crippen LogP contribution in [-0.4, -0.2) is 26.9 Å². The van der Waals surface area contributed by atoms with Crippen LogP contribution in [0.25, 0.3) is 0 Å². The maximum Gasteiger partial charge on any atom is 0.236 e. The van der Waals surface area contributed by atoms with Crippen LogP contribution in [0.4, 0.5) is 5.69 Å². The Hall–Kier alpha value is -0.460. The Labute approximate surface area is 148 Å². The van der Waals surface area contributed by atoms with E-state index in [1.807, 2.05) is 31.2 Å². The summed E-state index contributed by atoms with van der Waals surface area (Å²) in [6.45, 7) is 1.95. The number of benzene rings is 1. The lowest BCUT2D eigenvalue weighted by molar-refractivity contribution is -0.119. The Morgan fingerprint density at radius 2 is 2.00 bits per heavy atom. The Bertz CT molecular complexity index is 521. The van der Waals surface area contributed by atoms with E-state index >= 15 is 0 Å². The molecule has 1 rings (SSSR count). The second kappa shape index (κ2) is 8.25. The summed E-state index contributed by atoms with van der Waals surface area (Å²) in [4.78, 5) is 11.3. The molecule has 0 saturated carbocycles. The summed E-state index contributed by atoms with van der Waals surface area (Å²) < 4.78 is -1.79. The molecule has 1 atom stereocenters. The van der Waals surface area contributed by atoms with Gasteiger partial charge in [-0.15, -0.1) is 11.6 Å². The van der Waals surface area contributed by atoms with Crippen LogP contribution < -0.4 is 16.0 Å². The van der Waals surface area contributed by atoms with Crippen molar-refractivity contribution in [2.75, 3.05) is 11.2 Å². The predicted molar refractivity (Wildman–Crippen MR) is 93.5 cm³/mol. The van der Waals surface area contributed by atoms with Gasteiger partial charge < -0.3 is 16.0 Å². The number of carbonyl (C=O) groups excluding carboxylic acids is 1. The molecule has 0 aliphatic heterocycles. The van der Waals surface area contributed by atoms with Gasteiger partial charge in [0.2, 0.25) is 9.70 Å². The summed E-state index contributed by atoms with van der Waals surface area (Å²) >= 11 is 27.9. The fraction of sp³-hybridized carbons (Fsp3) is 0.333. The second-order valence-corrected chi connectivity index (χ2v) is 7.19. The Morgan fingerprint density at radius 1 is 1.33 bits per heavy atom. The van der Waals surface area contributed by atoms with Gasteiger partial charge in [-0.1, -0.05) is 46.9 Å². The highest BCUT2D eigenvalue weighted by molar-refractivity contribution is 7.80. The summed E-state index contributed by atoms with van der Waals surface area (Å²) in [5.41, 5.74) is 1.84. The molecule has 1 aromatic rings. The molecular formula is C12H13Cl4N3OS. The fourth-order valence-corrected chi connectivity index (χ4v) is 2.06. The molecule has 0 radical (unpaired) electrons. The molecule has 0 unspecified atom stereocenters. The topological polar surface area (TPSA) is 53.2 Å². The monoisotopic (exact) mass is 387 g/mol. The zero-order chi connectivity index (χ0) is 16.0. The highest BCUT2D eigenvalue weighted by Gasteiger charge is 2.34. The number of anilines is 1. The number of carbonyl (C=O) groups is 1. The van der Waals surface area contributed by atoms with Gasteiger partial charge in [-0.2, -0.15) is 0 Å². The highest BCUT2D eigenvalue weighted by atomic mass is 35.6. The molecule has 0 aliphatic rings. The van der Waals surface area contributed by atoms with Crippen LogP contribution in [0.3, 0.4) is 0 Å². The van der Waals surface area contributed by atoms with Crippen molar-refractivity contribution in [3.63, 3.8) is 0 Å². The zero-order valence-corrected chi connectivity index (χ0v) is 14.8. The number of amides is 1. The average molecular weight is 389 g/mol. The zero-order valence-electron chi connectivity index (χ0n) is 10.9. The van der Waals surface area contributed by atoms with Crippen molar-refractivity contribution in [1.82, 2.24) is 10.6 Å². The molecule has 21 heavy (non-hydrogen) atoms. The van der Waals surface area contributed by atoms with Crippen LogP contribution in [0.1, 0.15) is 5.56 Å². The van der Waals surface area contributed by atoms with E-state index in [-0.39, 0.29) is 11.0 Å². The summed E-state index contributed by atoms with van der Waals surface area (Å²) in [7, 11) is 0. The van der Waals surface area contributed by atoms with Crippen molar-refractivity contribution in [2.45, 2.75) is 16.9 Å². The van der Waals surface area contributed by atoms with Gasteiger partial charge in [0.1, 0.15) is 12.0 Å². The maximum atomic E-state index is 11.3. The summed E-state index contributed by atoms with van der Waals surface area (Å²) in [5, 5.41) is 8.29. The van der Waals surface area contributed by atoms with Crippen LogP contribution >= 0.6 is 58.6 Å². The van der Waals surface area contributed by atoms with Crippen molar-refractivity contribution < 1.29 is 4.79 Å². The molecule has 0 spiro atoms. The van der Waals surface area contributed by atoms with Crippen molar-refractivity contribution in [3.05, 3.63) is 29.8 Å². The van der Waals surface area contributed by atoms with E-state index in [1.54, 1.807) is 0 Å². The van der Waals surface area contributed by atoms with Crippen molar-refractivity contribution in [1.29, 1.82) is 0 Å². The van der Waals surface area contributed by atoms with Gasteiger partial charge in [0.15, 0.2) is 5.11 Å². The molecule has 0 saturated heterocycles. The summed E-state index contributed by atoms with van der Waals surface area (Å²) in [6.07, 6.45) is -1.02. The predicted octanol–water partition coefficient (Wildman–Crippen LogP) is 3.33. The number of aryl methyl sites for hydroxylation is 1. The first kappa shape index (κ1) is 18.6. The van der Waals surface area contributed by atoms with Gasteiger partial charge in [0.05, 0.1) is 0 Å². The lowest BCUT2D eigenvalue weighted by Crippen LogP contribution is -2.56. The molecule has 0 fully saturated rings. The third-order valence-corrected chi connectivity index (χ3v) is 3.42. The van der Waals surface area contributed by atoms with E-state index < -0.39 is 15.9 Å². The lowest BCUT2D eigenvalue weighted by atomic mass is 10.2. The molecule has 4 nitrogen and oxygen atoms in total. The molecule has 0 aliphatic carbocycles. The maximum absolute atomic E-state index is 11.3. The van der Waals surface area contributed by atoms with Crippen LogP contribution in [-0.2, 0) is 4.79 Å². The van der Waals surface area contributed by atoms with E-state index in [4.69, 9.17) is 58.6 Å². The minimum Gasteiger partial charge on any atom is -0.339 e. The normalized spacial score (nSPS) is 12.4. The van der Waals surface area contributed by atoms with Gasteiger partial charge in [0.25, 0.3) is 0 Å². The molecule has 9 heteroatoms. The van der Waals surface area contributed by atoms with E-state index in [0.717, 1.165) is 11.3 Å². The highest BCUT2D eigenvalue weighted by Crippen LogP contribution is 2.29. The quantitative estimate of drug-likeness (QED) is 0.420. The SMILES string of the molecule is Cc1cccc(NC(=S)N[C@@H](NC(=O)CCl)C(Cl)(Cl)Cl)c1. The number of hydrogen-bond acceptors (Lipinski definition) is 2. The van der Waals surface area contributed by atoms with Gasteiger partial charge in [0, 0.05) is 5.69 Å². The molecular weight excluding hydrogens is 376 g/mol. The lowest BCUT2D eigenvalue weighted by Gasteiger charge is -2.27. The first-order valence-corrected chi connectivity index (χ1v) is 7.86. The van der Waals surface area contributed by atoms with Crippen LogP contribution in [0.2, 0.25) is 0 Å². The molecule has 116 valence electrons. The first-order chi connectivity index (χ1) is 9.72.